The summed E-state index contributed by atoms with van der Waals surface area (Å²) in [6.45, 7) is 7.63. The Morgan fingerprint density at radius 2 is 2.14 bits per heavy atom. The third-order valence-corrected chi connectivity index (χ3v) is 3.21. The van der Waals surface area contributed by atoms with E-state index in [9.17, 15) is 9.90 Å². The summed E-state index contributed by atoms with van der Waals surface area (Å²) < 4.78 is 4.74. The minimum Gasteiger partial charge on any atom is -0.469 e. The highest BCUT2D eigenvalue weighted by atomic mass is 16.5. The summed E-state index contributed by atoms with van der Waals surface area (Å²) in [7, 11) is 1.38. The summed E-state index contributed by atoms with van der Waals surface area (Å²) in [5.41, 5.74) is 0.948. The maximum atomic E-state index is 11.5. The molecule has 0 aromatic carbocycles. The molecule has 1 fully saturated rings. The highest BCUT2D eigenvalue weighted by Gasteiger charge is 2.44. The van der Waals surface area contributed by atoms with Gasteiger partial charge < -0.3 is 9.84 Å². The van der Waals surface area contributed by atoms with E-state index in [-0.39, 0.29) is 23.7 Å². The van der Waals surface area contributed by atoms with Crippen LogP contribution in [-0.4, -0.2) is 24.3 Å². The molecule has 1 rings (SSSR count). The second-order valence-corrected chi connectivity index (χ2v) is 4.16. The highest BCUT2D eigenvalue weighted by Crippen LogP contribution is 2.41. The van der Waals surface area contributed by atoms with Gasteiger partial charge in [-0.2, -0.15) is 0 Å². The molecule has 1 N–H and O–H groups in total. The fraction of sp³-hybridized carbons (Fsp3) is 0.727. The largest absolute Gasteiger partial charge is 0.469 e. The van der Waals surface area contributed by atoms with Gasteiger partial charge >= 0.3 is 5.97 Å². The fourth-order valence-electron chi connectivity index (χ4n) is 2.25. The second-order valence-electron chi connectivity index (χ2n) is 4.16. The molecule has 80 valence electrons. The number of methoxy groups -OCH3 is 1. The van der Waals surface area contributed by atoms with E-state index >= 15 is 0 Å². The Morgan fingerprint density at radius 1 is 1.57 bits per heavy atom. The molecule has 0 aromatic rings. The van der Waals surface area contributed by atoms with Crippen LogP contribution in [0.4, 0.5) is 0 Å². The number of rotatable bonds is 2. The molecule has 0 unspecified atom stereocenters. The summed E-state index contributed by atoms with van der Waals surface area (Å²) >= 11 is 0. The van der Waals surface area contributed by atoms with E-state index in [1.807, 2.05) is 13.8 Å². The first-order chi connectivity index (χ1) is 6.49. The number of hydrogen-bond donors (Lipinski definition) is 1. The molecule has 0 amide bonds. The van der Waals surface area contributed by atoms with Crippen LogP contribution in [0.3, 0.4) is 0 Å². The van der Waals surface area contributed by atoms with Gasteiger partial charge in [0.05, 0.1) is 19.1 Å². The summed E-state index contributed by atoms with van der Waals surface area (Å²) in [4.78, 5) is 11.5. The molecule has 14 heavy (non-hydrogen) atoms. The van der Waals surface area contributed by atoms with Crippen LogP contribution in [0.5, 0.6) is 0 Å². The molecule has 0 aromatic heterocycles. The quantitative estimate of drug-likeness (QED) is 0.538. The van der Waals surface area contributed by atoms with Crippen molar-refractivity contribution in [3.63, 3.8) is 0 Å². The van der Waals surface area contributed by atoms with E-state index < -0.39 is 6.10 Å². The van der Waals surface area contributed by atoms with Crippen LogP contribution in [0.25, 0.3) is 0 Å². The predicted molar refractivity (Wildman–Crippen MR) is 53.6 cm³/mol. The number of ether oxygens (including phenoxy) is 1. The van der Waals surface area contributed by atoms with Crippen molar-refractivity contribution in [2.75, 3.05) is 7.11 Å². The third-order valence-electron chi connectivity index (χ3n) is 3.21. The second kappa shape index (κ2) is 4.13. The molecule has 0 bridgehead atoms. The molecule has 0 aliphatic heterocycles. The lowest BCUT2D eigenvalue weighted by Gasteiger charge is -2.20. The molecule has 3 nitrogen and oxygen atoms in total. The average Bonchev–Trinajstić information content (AvgIpc) is 2.43. The molecule has 1 aliphatic rings. The first-order valence-corrected chi connectivity index (χ1v) is 4.90. The Morgan fingerprint density at radius 3 is 2.57 bits per heavy atom. The molecule has 3 heteroatoms. The Labute approximate surface area is 84.8 Å². The molecular weight excluding hydrogens is 180 g/mol. The van der Waals surface area contributed by atoms with Crippen molar-refractivity contribution < 1.29 is 14.6 Å². The van der Waals surface area contributed by atoms with Gasteiger partial charge in [-0.3, -0.25) is 4.79 Å². The van der Waals surface area contributed by atoms with Gasteiger partial charge in [-0.25, -0.2) is 0 Å². The first kappa shape index (κ1) is 11.2. The van der Waals surface area contributed by atoms with Crippen LogP contribution >= 0.6 is 0 Å². The van der Waals surface area contributed by atoms with Crippen LogP contribution in [0.1, 0.15) is 20.3 Å². The van der Waals surface area contributed by atoms with Crippen molar-refractivity contribution in [2.45, 2.75) is 26.4 Å². The highest BCUT2D eigenvalue weighted by molar-refractivity contribution is 5.74. The van der Waals surface area contributed by atoms with Crippen molar-refractivity contribution in [1.82, 2.24) is 0 Å². The van der Waals surface area contributed by atoms with Crippen molar-refractivity contribution in [1.29, 1.82) is 0 Å². The van der Waals surface area contributed by atoms with Crippen LogP contribution in [0.2, 0.25) is 0 Å². The summed E-state index contributed by atoms with van der Waals surface area (Å²) in [6.07, 6.45) is 0.205. The van der Waals surface area contributed by atoms with Crippen molar-refractivity contribution in [3.05, 3.63) is 12.2 Å². The molecule has 0 radical (unpaired) electrons. The van der Waals surface area contributed by atoms with Gasteiger partial charge in [0.2, 0.25) is 0 Å². The summed E-state index contributed by atoms with van der Waals surface area (Å²) in [5, 5.41) is 9.68. The number of carbonyl (C=O) groups is 1. The number of aliphatic hydroxyl groups is 1. The van der Waals surface area contributed by atoms with Crippen LogP contribution < -0.4 is 0 Å². The predicted octanol–water partition coefficient (Wildman–Crippen LogP) is 1.37. The third kappa shape index (κ3) is 1.82. The number of esters is 1. The monoisotopic (exact) mass is 198 g/mol. The zero-order chi connectivity index (χ0) is 10.9. The summed E-state index contributed by atoms with van der Waals surface area (Å²) in [5.74, 6) is -0.439. The van der Waals surface area contributed by atoms with E-state index in [0.717, 1.165) is 5.57 Å². The van der Waals surface area contributed by atoms with Crippen molar-refractivity contribution in [2.24, 2.45) is 17.8 Å². The van der Waals surface area contributed by atoms with Crippen LogP contribution in [0.15, 0.2) is 12.2 Å². The maximum Gasteiger partial charge on any atom is 0.309 e. The molecular formula is C11H18O3. The zero-order valence-corrected chi connectivity index (χ0v) is 8.99. The van der Waals surface area contributed by atoms with Gasteiger partial charge in [-0.15, -0.1) is 0 Å². The minimum absolute atomic E-state index is 0.0378. The number of allylic oxidation sites excluding steroid dienone is 1. The van der Waals surface area contributed by atoms with E-state index in [1.54, 1.807) is 0 Å². The lowest BCUT2D eigenvalue weighted by Crippen LogP contribution is -2.27. The van der Waals surface area contributed by atoms with Crippen molar-refractivity contribution in [3.8, 4) is 0 Å². The average molecular weight is 198 g/mol. The Kier molecular flexibility index (Phi) is 3.32. The van der Waals surface area contributed by atoms with Gasteiger partial charge in [0.1, 0.15) is 0 Å². The first-order valence-electron chi connectivity index (χ1n) is 4.90. The van der Waals surface area contributed by atoms with Crippen LogP contribution in [0, 0.1) is 17.8 Å². The van der Waals surface area contributed by atoms with Gasteiger partial charge in [0, 0.05) is 0 Å². The van der Waals surface area contributed by atoms with E-state index in [2.05, 4.69) is 6.58 Å². The molecule has 1 saturated carbocycles. The summed E-state index contributed by atoms with van der Waals surface area (Å²) in [6, 6.07) is 0. The van der Waals surface area contributed by atoms with E-state index in [1.165, 1.54) is 7.11 Å². The molecule has 1 aliphatic carbocycles. The van der Waals surface area contributed by atoms with Crippen LogP contribution in [-0.2, 0) is 9.53 Å². The fourth-order valence-corrected chi connectivity index (χ4v) is 2.25. The number of aliphatic hydroxyl groups excluding tert-OH is 1. The Balaban J connectivity index is 2.86. The molecule has 0 heterocycles. The van der Waals surface area contributed by atoms with Gasteiger partial charge in [-0.05, 0) is 25.2 Å². The molecule has 4 atom stereocenters. The van der Waals surface area contributed by atoms with Gasteiger partial charge in [0.25, 0.3) is 0 Å². The van der Waals surface area contributed by atoms with Crippen molar-refractivity contribution >= 4 is 5.97 Å². The lowest BCUT2D eigenvalue weighted by atomic mass is 9.86. The van der Waals surface area contributed by atoms with E-state index in [0.29, 0.717) is 6.42 Å². The number of hydrogen-bond acceptors (Lipinski definition) is 3. The minimum atomic E-state index is -0.416. The molecule has 0 saturated heterocycles. The number of carbonyl (C=O) groups excluding carboxylic acids is 1. The van der Waals surface area contributed by atoms with E-state index in [4.69, 9.17) is 4.74 Å². The lowest BCUT2D eigenvalue weighted by molar-refractivity contribution is -0.148. The SMILES string of the molecule is C=C(C)[C@@H]1C[C@@H](O)[C@@H](C)[C@@H]1C(=O)OC. The normalized spacial score (nSPS) is 36.9. The Bertz CT molecular complexity index is 247. The smallest absolute Gasteiger partial charge is 0.309 e. The van der Waals surface area contributed by atoms with Gasteiger partial charge in [0.15, 0.2) is 0 Å². The molecule has 0 spiro atoms. The standard InChI is InChI=1S/C11H18O3/c1-6(2)8-5-9(12)7(3)10(8)11(13)14-4/h7-10,12H,1,5H2,2-4H3/t7-,8+,9-,10+/m1/s1. The topological polar surface area (TPSA) is 46.5 Å². The maximum absolute atomic E-state index is 11.5. The zero-order valence-electron chi connectivity index (χ0n) is 8.99. The van der Waals surface area contributed by atoms with Gasteiger partial charge in [-0.1, -0.05) is 19.1 Å². The Hall–Kier alpha value is -0.830.